The van der Waals surface area contributed by atoms with Crippen molar-refractivity contribution < 1.29 is 4.74 Å². The molecular weight excluding hydrogens is 246 g/mol. The SMILES string of the molecule is CCNC(c1ccc(C(C)(C)C)cc1)C1(OC)CCC1. The fraction of sp³-hybridized carbons (Fsp3) is 0.667. The minimum atomic E-state index is -0.000735. The molecule has 1 aromatic carbocycles. The lowest BCUT2D eigenvalue weighted by Crippen LogP contribution is -2.50. The van der Waals surface area contributed by atoms with Gasteiger partial charge in [0.15, 0.2) is 0 Å². The van der Waals surface area contributed by atoms with Crippen LogP contribution in [-0.2, 0) is 10.2 Å². The Bertz CT molecular complexity index is 420. The summed E-state index contributed by atoms with van der Waals surface area (Å²) in [6, 6.07) is 9.38. The summed E-state index contributed by atoms with van der Waals surface area (Å²) in [5, 5.41) is 3.63. The molecule has 1 fully saturated rings. The molecule has 0 aromatic heterocycles. The highest BCUT2D eigenvalue weighted by atomic mass is 16.5. The third-order valence-electron chi connectivity index (χ3n) is 4.65. The Morgan fingerprint density at radius 1 is 1.20 bits per heavy atom. The molecule has 2 nitrogen and oxygen atoms in total. The van der Waals surface area contributed by atoms with Crippen LogP contribution in [0.15, 0.2) is 24.3 Å². The number of likely N-dealkylation sites (N-methyl/N-ethyl adjacent to an activating group) is 1. The molecule has 0 saturated heterocycles. The van der Waals surface area contributed by atoms with Crippen LogP contribution in [0.5, 0.6) is 0 Å². The van der Waals surface area contributed by atoms with Crippen LogP contribution in [0.2, 0.25) is 0 Å². The van der Waals surface area contributed by atoms with E-state index in [0.717, 1.165) is 19.4 Å². The van der Waals surface area contributed by atoms with E-state index < -0.39 is 0 Å². The summed E-state index contributed by atoms with van der Waals surface area (Å²) in [5.41, 5.74) is 2.94. The highest BCUT2D eigenvalue weighted by Gasteiger charge is 2.44. The molecule has 1 saturated carbocycles. The average molecular weight is 275 g/mol. The fourth-order valence-corrected chi connectivity index (χ4v) is 3.12. The molecule has 0 aliphatic heterocycles. The lowest BCUT2D eigenvalue weighted by atomic mass is 9.72. The van der Waals surface area contributed by atoms with Crippen LogP contribution in [0.25, 0.3) is 0 Å². The van der Waals surface area contributed by atoms with E-state index >= 15 is 0 Å². The Balaban J connectivity index is 2.26. The van der Waals surface area contributed by atoms with Crippen LogP contribution in [0, 0.1) is 0 Å². The number of benzene rings is 1. The minimum absolute atomic E-state index is 0.000735. The summed E-state index contributed by atoms with van der Waals surface area (Å²) in [5.74, 6) is 0. The third-order valence-corrected chi connectivity index (χ3v) is 4.65. The molecule has 0 heterocycles. The zero-order chi connectivity index (χ0) is 14.8. The number of ether oxygens (including phenoxy) is 1. The highest BCUT2D eigenvalue weighted by Crippen LogP contribution is 2.45. The molecule has 112 valence electrons. The van der Waals surface area contributed by atoms with Crippen LogP contribution in [0.3, 0.4) is 0 Å². The first kappa shape index (κ1) is 15.5. The summed E-state index contributed by atoms with van der Waals surface area (Å²) < 4.78 is 5.88. The third kappa shape index (κ3) is 2.91. The van der Waals surface area contributed by atoms with Crippen LogP contribution in [0.1, 0.15) is 64.1 Å². The molecule has 1 aliphatic rings. The lowest BCUT2D eigenvalue weighted by Gasteiger charge is -2.47. The monoisotopic (exact) mass is 275 g/mol. The second-order valence-electron chi connectivity index (χ2n) is 6.99. The molecule has 1 unspecified atom stereocenters. The molecule has 2 heteroatoms. The van der Waals surface area contributed by atoms with Crippen molar-refractivity contribution in [1.29, 1.82) is 0 Å². The first-order chi connectivity index (χ1) is 9.43. The molecule has 20 heavy (non-hydrogen) atoms. The molecule has 1 aromatic rings. The van der Waals surface area contributed by atoms with Crippen molar-refractivity contribution in [3.05, 3.63) is 35.4 Å². The lowest BCUT2D eigenvalue weighted by molar-refractivity contribution is -0.0995. The Hall–Kier alpha value is -0.860. The Labute approximate surface area is 123 Å². The molecular formula is C18H29NO. The van der Waals surface area contributed by atoms with Crippen molar-refractivity contribution in [1.82, 2.24) is 5.32 Å². The van der Waals surface area contributed by atoms with E-state index in [1.165, 1.54) is 17.5 Å². The largest absolute Gasteiger partial charge is 0.376 e. The summed E-state index contributed by atoms with van der Waals surface area (Å²) in [6.45, 7) is 9.90. The van der Waals surface area contributed by atoms with E-state index in [-0.39, 0.29) is 11.0 Å². The Kier molecular flexibility index (Phi) is 4.55. The predicted octanol–water partition coefficient (Wildman–Crippen LogP) is 4.20. The number of rotatable bonds is 5. The van der Waals surface area contributed by atoms with Gasteiger partial charge in [-0.05, 0) is 42.3 Å². The van der Waals surface area contributed by atoms with Crippen molar-refractivity contribution in [2.45, 2.75) is 64.0 Å². The summed E-state index contributed by atoms with van der Waals surface area (Å²) in [4.78, 5) is 0. The second kappa shape index (κ2) is 5.87. The number of hydrogen-bond acceptors (Lipinski definition) is 2. The van der Waals surface area contributed by atoms with Gasteiger partial charge in [0.05, 0.1) is 11.6 Å². The van der Waals surface area contributed by atoms with Crippen LogP contribution in [0.4, 0.5) is 0 Å². The zero-order valence-corrected chi connectivity index (χ0v) is 13.6. The normalized spacial score (nSPS) is 19.4. The van der Waals surface area contributed by atoms with Crippen LogP contribution in [-0.4, -0.2) is 19.3 Å². The number of nitrogens with one attached hydrogen (secondary N) is 1. The first-order valence-corrected chi connectivity index (χ1v) is 7.82. The smallest absolute Gasteiger partial charge is 0.0872 e. The Morgan fingerprint density at radius 2 is 1.80 bits per heavy atom. The van der Waals surface area contributed by atoms with Crippen molar-refractivity contribution in [2.24, 2.45) is 0 Å². The van der Waals surface area contributed by atoms with Gasteiger partial charge in [0.2, 0.25) is 0 Å². The number of methoxy groups -OCH3 is 1. The number of hydrogen-bond donors (Lipinski definition) is 1. The van der Waals surface area contributed by atoms with Gasteiger partial charge in [-0.25, -0.2) is 0 Å². The standard InChI is InChI=1S/C18H29NO/c1-6-19-16(18(20-5)12-7-13-18)14-8-10-15(11-9-14)17(2,3)4/h8-11,16,19H,6-7,12-13H2,1-5H3. The summed E-state index contributed by atoms with van der Waals surface area (Å²) in [6.07, 6.45) is 3.58. The maximum Gasteiger partial charge on any atom is 0.0872 e. The van der Waals surface area contributed by atoms with Gasteiger partial charge >= 0.3 is 0 Å². The summed E-state index contributed by atoms with van der Waals surface area (Å²) in [7, 11) is 1.85. The van der Waals surface area contributed by atoms with Crippen molar-refractivity contribution in [3.8, 4) is 0 Å². The van der Waals surface area contributed by atoms with Crippen molar-refractivity contribution in [2.75, 3.05) is 13.7 Å². The molecule has 0 bridgehead atoms. The molecule has 1 N–H and O–H groups in total. The van der Waals surface area contributed by atoms with E-state index in [4.69, 9.17) is 4.74 Å². The van der Waals surface area contributed by atoms with Crippen LogP contribution >= 0.6 is 0 Å². The van der Waals surface area contributed by atoms with Crippen LogP contribution < -0.4 is 5.32 Å². The first-order valence-electron chi connectivity index (χ1n) is 7.82. The van der Waals surface area contributed by atoms with Gasteiger partial charge in [0, 0.05) is 7.11 Å². The molecule has 2 rings (SSSR count). The van der Waals surface area contributed by atoms with E-state index in [9.17, 15) is 0 Å². The van der Waals surface area contributed by atoms with E-state index in [1.54, 1.807) is 0 Å². The van der Waals surface area contributed by atoms with Gasteiger partial charge in [-0.1, -0.05) is 52.0 Å². The maximum absolute atomic E-state index is 5.88. The van der Waals surface area contributed by atoms with E-state index in [1.807, 2.05) is 7.11 Å². The minimum Gasteiger partial charge on any atom is -0.376 e. The van der Waals surface area contributed by atoms with Gasteiger partial charge in [-0.3, -0.25) is 0 Å². The molecule has 0 amide bonds. The highest BCUT2D eigenvalue weighted by molar-refractivity contribution is 5.31. The van der Waals surface area contributed by atoms with Gasteiger partial charge in [-0.2, -0.15) is 0 Å². The van der Waals surface area contributed by atoms with Gasteiger partial charge in [0.25, 0.3) is 0 Å². The van der Waals surface area contributed by atoms with Crippen molar-refractivity contribution in [3.63, 3.8) is 0 Å². The molecule has 1 aliphatic carbocycles. The second-order valence-corrected chi connectivity index (χ2v) is 6.99. The quantitative estimate of drug-likeness (QED) is 0.869. The summed E-state index contributed by atoms with van der Waals surface area (Å²) >= 11 is 0. The van der Waals surface area contributed by atoms with E-state index in [0.29, 0.717) is 6.04 Å². The molecule has 0 spiro atoms. The Morgan fingerprint density at radius 3 is 2.15 bits per heavy atom. The average Bonchev–Trinajstić information content (AvgIpc) is 2.36. The van der Waals surface area contributed by atoms with Gasteiger partial charge in [0.1, 0.15) is 0 Å². The maximum atomic E-state index is 5.88. The molecule has 1 atom stereocenters. The van der Waals surface area contributed by atoms with Gasteiger partial charge < -0.3 is 10.1 Å². The fourth-order valence-electron chi connectivity index (χ4n) is 3.12. The van der Waals surface area contributed by atoms with Gasteiger partial charge in [-0.15, -0.1) is 0 Å². The predicted molar refractivity (Wildman–Crippen MR) is 85.2 cm³/mol. The zero-order valence-electron chi connectivity index (χ0n) is 13.6. The topological polar surface area (TPSA) is 21.3 Å². The van der Waals surface area contributed by atoms with Crippen molar-refractivity contribution >= 4 is 0 Å². The van der Waals surface area contributed by atoms with E-state index in [2.05, 4.69) is 57.3 Å². The molecule has 0 radical (unpaired) electrons.